The highest BCUT2D eigenvalue weighted by atomic mass is 32.2. The van der Waals surface area contributed by atoms with Crippen LogP contribution in [0.3, 0.4) is 0 Å². The summed E-state index contributed by atoms with van der Waals surface area (Å²) < 4.78 is 10.2. The molecule has 8 heteroatoms. The number of nitrogens with one attached hydrogen (secondary N) is 1. The van der Waals surface area contributed by atoms with E-state index < -0.39 is 5.97 Å². The van der Waals surface area contributed by atoms with Crippen LogP contribution in [-0.4, -0.2) is 35.9 Å². The fourth-order valence-electron chi connectivity index (χ4n) is 1.64. The van der Waals surface area contributed by atoms with Crippen LogP contribution in [-0.2, 0) is 4.79 Å². The number of carbonyl (C=O) groups is 1. The predicted octanol–water partition coefficient (Wildman–Crippen LogP) is -0.218. The second kappa shape index (κ2) is 5.83. The van der Waals surface area contributed by atoms with E-state index in [2.05, 4.69) is 9.97 Å². The quantitative estimate of drug-likeness (QED) is 0.600. The molecule has 2 rings (SSSR count). The zero-order valence-corrected chi connectivity index (χ0v) is 11.6. The van der Waals surface area contributed by atoms with E-state index in [9.17, 15) is 14.7 Å². The van der Waals surface area contributed by atoms with Gasteiger partial charge in [-0.1, -0.05) is 11.8 Å². The number of aliphatic carboxylic acids is 1. The molecule has 7 nitrogen and oxygen atoms in total. The third-order valence-electron chi connectivity index (χ3n) is 2.52. The second-order valence-corrected chi connectivity index (χ2v) is 4.72. The fraction of sp³-hybridized carbons (Fsp3) is 0.250. The fourth-order valence-corrected chi connectivity index (χ4v) is 2.22. The molecule has 1 heterocycles. The molecule has 0 saturated heterocycles. The second-order valence-electron chi connectivity index (χ2n) is 3.76. The number of nitrogens with zero attached hydrogens (tertiary/aromatic N) is 1. The van der Waals surface area contributed by atoms with Crippen molar-refractivity contribution in [2.45, 2.75) is 5.16 Å². The molecule has 1 aromatic heterocycles. The van der Waals surface area contributed by atoms with Gasteiger partial charge in [0.2, 0.25) is 0 Å². The van der Waals surface area contributed by atoms with Gasteiger partial charge < -0.3 is 24.4 Å². The van der Waals surface area contributed by atoms with Crippen molar-refractivity contribution >= 4 is 28.6 Å². The summed E-state index contributed by atoms with van der Waals surface area (Å²) in [6, 6.07) is 3.08. The number of carboxylic acids is 1. The lowest BCUT2D eigenvalue weighted by Gasteiger charge is -2.09. The number of fused-ring (bicyclic) bond motifs is 1. The molecular weight excluding hydrogens is 284 g/mol. The highest BCUT2D eigenvalue weighted by molar-refractivity contribution is 7.99. The first-order chi connectivity index (χ1) is 9.55. The number of hydrogen-bond donors (Lipinski definition) is 1. The van der Waals surface area contributed by atoms with Crippen molar-refractivity contribution in [3.8, 4) is 11.5 Å². The number of H-pyrrole nitrogens is 1. The third-order valence-corrected chi connectivity index (χ3v) is 3.36. The zero-order valence-electron chi connectivity index (χ0n) is 10.8. The van der Waals surface area contributed by atoms with Gasteiger partial charge in [-0.15, -0.1) is 0 Å². The molecule has 0 fully saturated rings. The molecule has 0 amide bonds. The molecule has 0 unspecified atom stereocenters. The van der Waals surface area contributed by atoms with E-state index in [1.54, 1.807) is 6.07 Å². The number of methoxy groups -OCH3 is 2. The van der Waals surface area contributed by atoms with Gasteiger partial charge in [-0.2, -0.15) is 0 Å². The first-order valence-corrected chi connectivity index (χ1v) is 6.52. The van der Waals surface area contributed by atoms with Gasteiger partial charge in [0.1, 0.15) is 0 Å². The summed E-state index contributed by atoms with van der Waals surface area (Å²) in [6.45, 7) is 0. The maximum Gasteiger partial charge on any atom is 0.259 e. The molecule has 20 heavy (non-hydrogen) atoms. The van der Waals surface area contributed by atoms with Crippen molar-refractivity contribution in [3.05, 3.63) is 22.5 Å². The average Bonchev–Trinajstić information content (AvgIpc) is 2.43. The van der Waals surface area contributed by atoms with Gasteiger partial charge in [-0.05, 0) is 6.07 Å². The van der Waals surface area contributed by atoms with E-state index in [0.717, 1.165) is 11.8 Å². The smallest absolute Gasteiger partial charge is 0.259 e. The van der Waals surface area contributed by atoms with Gasteiger partial charge in [0.15, 0.2) is 16.7 Å². The Morgan fingerprint density at radius 3 is 2.60 bits per heavy atom. The highest BCUT2D eigenvalue weighted by Crippen LogP contribution is 2.30. The molecule has 0 aliphatic heterocycles. The average molecular weight is 295 g/mol. The number of rotatable bonds is 5. The lowest BCUT2D eigenvalue weighted by molar-refractivity contribution is -0.301. The van der Waals surface area contributed by atoms with Crippen LogP contribution < -0.4 is 20.1 Å². The van der Waals surface area contributed by atoms with Crippen LogP contribution in [0, 0.1) is 0 Å². The van der Waals surface area contributed by atoms with Crippen molar-refractivity contribution in [1.82, 2.24) is 9.97 Å². The molecule has 0 saturated carbocycles. The Kier molecular flexibility index (Phi) is 4.14. The molecule has 0 aliphatic carbocycles. The minimum atomic E-state index is -1.23. The molecule has 0 bridgehead atoms. The first-order valence-electron chi connectivity index (χ1n) is 5.54. The monoisotopic (exact) mass is 295 g/mol. The van der Waals surface area contributed by atoms with E-state index in [1.165, 1.54) is 20.3 Å². The summed E-state index contributed by atoms with van der Waals surface area (Å²) in [5.41, 5.74) is 0.0176. The van der Waals surface area contributed by atoms with Gasteiger partial charge >= 0.3 is 0 Å². The number of ether oxygens (including phenoxy) is 2. The summed E-state index contributed by atoms with van der Waals surface area (Å²) >= 11 is 0.880. The zero-order chi connectivity index (χ0) is 14.7. The van der Waals surface area contributed by atoms with Gasteiger partial charge in [0.05, 0.1) is 31.1 Å². The molecule has 0 spiro atoms. The van der Waals surface area contributed by atoms with Crippen molar-refractivity contribution in [2.75, 3.05) is 20.0 Å². The molecule has 0 atom stereocenters. The van der Waals surface area contributed by atoms with Crippen molar-refractivity contribution in [2.24, 2.45) is 0 Å². The Bertz CT molecular complexity index is 713. The van der Waals surface area contributed by atoms with Gasteiger partial charge in [0.25, 0.3) is 5.56 Å². The molecular formula is C12H11N2O5S-. The number of carbonyl (C=O) groups excluding carboxylic acids is 1. The molecule has 0 radical (unpaired) electrons. The predicted molar refractivity (Wildman–Crippen MR) is 71.2 cm³/mol. The van der Waals surface area contributed by atoms with Crippen molar-refractivity contribution < 1.29 is 19.4 Å². The Labute approximate surface area is 117 Å². The van der Waals surface area contributed by atoms with Crippen LogP contribution in [0.1, 0.15) is 0 Å². The Morgan fingerprint density at radius 1 is 1.35 bits per heavy atom. The van der Waals surface area contributed by atoms with Crippen LogP contribution in [0.25, 0.3) is 10.9 Å². The van der Waals surface area contributed by atoms with Crippen LogP contribution in [0.5, 0.6) is 11.5 Å². The van der Waals surface area contributed by atoms with Crippen molar-refractivity contribution in [3.63, 3.8) is 0 Å². The molecule has 1 aromatic carbocycles. The topological polar surface area (TPSA) is 104 Å². The largest absolute Gasteiger partial charge is 0.549 e. The summed E-state index contributed by atoms with van der Waals surface area (Å²) in [4.78, 5) is 29.0. The number of benzene rings is 1. The van der Waals surface area contributed by atoms with Gasteiger partial charge in [-0.3, -0.25) is 4.79 Å². The minimum absolute atomic E-state index is 0.207. The number of hydrogen-bond acceptors (Lipinski definition) is 7. The van der Waals surface area contributed by atoms with E-state index >= 15 is 0 Å². The number of carboxylic acid groups (broad SMARTS) is 1. The van der Waals surface area contributed by atoms with Crippen LogP contribution in [0.4, 0.5) is 0 Å². The molecule has 0 aliphatic rings. The van der Waals surface area contributed by atoms with Crippen molar-refractivity contribution in [1.29, 1.82) is 0 Å². The maximum absolute atomic E-state index is 11.9. The number of thioether (sulfide) groups is 1. The summed E-state index contributed by atoms with van der Waals surface area (Å²) in [7, 11) is 2.94. The highest BCUT2D eigenvalue weighted by Gasteiger charge is 2.11. The Hall–Kier alpha value is -2.22. The van der Waals surface area contributed by atoms with Crippen LogP contribution in [0.15, 0.2) is 22.1 Å². The van der Waals surface area contributed by atoms with E-state index in [4.69, 9.17) is 9.47 Å². The van der Waals surface area contributed by atoms with Crippen LogP contribution in [0.2, 0.25) is 0 Å². The third kappa shape index (κ3) is 2.85. The molecule has 1 N–H and O–H groups in total. The Morgan fingerprint density at radius 2 is 2.00 bits per heavy atom. The summed E-state index contributed by atoms with van der Waals surface area (Å²) in [5.74, 6) is -0.664. The van der Waals surface area contributed by atoms with Gasteiger partial charge in [-0.25, -0.2) is 4.98 Å². The maximum atomic E-state index is 11.9. The lowest BCUT2D eigenvalue weighted by Crippen LogP contribution is -2.24. The summed E-state index contributed by atoms with van der Waals surface area (Å²) in [6.07, 6.45) is 0. The lowest BCUT2D eigenvalue weighted by atomic mass is 10.2. The van der Waals surface area contributed by atoms with Crippen LogP contribution >= 0.6 is 11.8 Å². The standard InChI is InChI=1S/C12H12N2O5S/c1-18-8-3-6-7(4-9(8)19-2)13-12(14-11(6)17)20-5-10(15)16/h3-4H,5H2,1-2H3,(H,15,16)(H,13,14,17)/p-1. The first kappa shape index (κ1) is 14.2. The van der Waals surface area contributed by atoms with Gasteiger partial charge in [0, 0.05) is 11.8 Å². The SMILES string of the molecule is COc1cc2nc(SCC(=O)[O-])[nH]c(=O)c2cc1OC. The van der Waals surface area contributed by atoms with E-state index in [-0.39, 0.29) is 16.5 Å². The van der Waals surface area contributed by atoms with E-state index in [1.807, 2.05) is 0 Å². The Balaban J connectivity index is 2.53. The number of aromatic nitrogens is 2. The molecule has 106 valence electrons. The number of aromatic amines is 1. The normalized spacial score (nSPS) is 10.5. The summed E-state index contributed by atoms with van der Waals surface area (Å²) in [5, 5.41) is 11.0. The minimum Gasteiger partial charge on any atom is -0.549 e. The van der Waals surface area contributed by atoms with E-state index in [0.29, 0.717) is 22.4 Å². The molecule has 2 aromatic rings.